The Balaban J connectivity index is 1.67. The van der Waals surface area contributed by atoms with Crippen LogP contribution >= 0.6 is 0 Å². The number of hydrogen-bond acceptors (Lipinski definition) is 5. The molecule has 0 fully saturated rings. The van der Waals surface area contributed by atoms with Crippen LogP contribution in [0.15, 0.2) is 42.5 Å². The van der Waals surface area contributed by atoms with Gasteiger partial charge in [0.05, 0.1) is 4.92 Å². The quantitative estimate of drug-likeness (QED) is 0.437. The van der Waals surface area contributed by atoms with Gasteiger partial charge in [-0.25, -0.2) is 0 Å². The van der Waals surface area contributed by atoms with Gasteiger partial charge in [-0.2, -0.15) is 0 Å². The lowest BCUT2D eigenvalue weighted by atomic mass is 10.1. The Hall–Kier alpha value is -3.09. The molecule has 2 aromatic carbocycles. The van der Waals surface area contributed by atoms with E-state index in [-0.39, 0.29) is 18.2 Å². The molecule has 0 unspecified atom stereocenters. The minimum Gasteiger partial charge on any atom is -0.484 e. The second-order valence-electron chi connectivity index (χ2n) is 5.69. The fourth-order valence-corrected chi connectivity index (χ4v) is 2.33. The predicted molar refractivity (Wildman–Crippen MR) is 96.0 cm³/mol. The van der Waals surface area contributed by atoms with Gasteiger partial charge in [-0.05, 0) is 49.2 Å². The number of anilines is 1. The van der Waals surface area contributed by atoms with Crippen LogP contribution < -0.4 is 15.4 Å². The van der Waals surface area contributed by atoms with E-state index >= 15 is 0 Å². The molecule has 0 bridgehead atoms. The van der Waals surface area contributed by atoms with Crippen molar-refractivity contribution in [2.75, 3.05) is 25.0 Å². The summed E-state index contributed by atoms with van der Waals surface area (Å²) in [6.45, 7) is 4.84. The van der Waals surface area contributed by atoms with Crippen molar-refractivity contribution in [2.45, 2.75) is 13.8 Å². The van der Waals surface area contributed by atoms with Crippen molar-refractivity contribution in [3.8, 4) is 5.75 Å². The average molecular weight is 343 g/mol. The van der Waals surface area contributed by atoms with Gasteiger partial charge < -0.3 is 15.4 Å². The number of nitro groups is 1. The fraction of sp³-hybridized carbons (Fsp3) is 0.278. The number of carbonyl (C=O) groups excluding carboxylic acids is 1. The fourth-order valence-electron chi connectivity index (χ4n) is 2.33. The van der Waals surface area contributed by atoms with Gasteiger partial charge in [-0.1, -0.05) is 6.07 Å². The number of benzene rings is 2. The molecular formula is C18H21N3O4. The molecule has 0 atom stereocenters. The molecule has 0 aliphatic rings. The third kappa shape index (κ3) is 6.14. The number of ether oxygens (including phenoxy) is 1. The molecule has 0 radical (unpaired) electrons. The number of non-ortho nitro benzene ring substituents is 1. The van der Waals surface area contributed by atoms with Gasteiger partial charge in [0.2, 0.25) is 0 Å². The Morgan fingerprint density at radius 1 is 1.08 bits per heavy atom. The van der Waals surface area contributed by atoms with Crippen LogP contribution in [0.3, 0.4) is 0 Å². The third-order valence-corrected chi connectivity index (χ3v) is 3.42. The molecule has 0 spiro atoms. The molecule has 0 saturated heterocycles. The molecule has 132 valence electrons. The van der Waals surface area contributed by atoms with Gasteiger partial charge in [-0.3, -0.25) is 14.9 Å². The van der Waals surface area contributed by atoms with E-state index in [0.29, 0.717) is 18.8 Å². The molecule has 2 aromatic rings. The highest BCUT2D eigenvalue weighted by Gasteiger charge is 2.05. The first-order valence-corrected chi connectivity index (χ1v) is 7.90. The van der Waals surface area contributed by atoms with E-state index in [9.17, 15) is 14.9 Å². The monoisotopic (exact) mass is 343 g/mol. The standard InChI is InChI=1S/C18H21N3O4/c1-13-9-14(2)11-17(10-13)25-12-18(22)20-8-7-19-15-3-5-16(6-4-15)21(23)24/h3-6,9-11,19H,7-8,12H2,1-2H3,(H,20,22). The van der Waals surface area contributed by atoms with Crippen LogP contribution in [0.5, 0.6) is 5.75 Å². The Labute approximate surface area is 146 Å². The summed E-state index contributed by atoms with van der Waals surface area (Å²) in [5.41, 5.74) is 2.97. The number of nitrogens with one attached hydrogen (secondary N) is 2. The van der Waals surface area contributed by atoms with Crippen LogP contribution in [0.25, 0.3) is 0 Å². The highest BCUT2D eigenvalue weighted by atomic mass is 16.6. The van der Waals surface area contributed by atoms with E-state index in [0.717, 1.165) is 16.8 Å². The summed E-state index contributed by atoms with van der Waals surface area (Å²) in [5, 5.41) is 16.4. The van der Waals surface area contributed by atoms with Gasteiger partial charge in [-0.15, -0.1) is 0 Å². The van der Waals surface area contributed by atoms with Crippen LogP contribution in [0.4, 0.5) is 11.4 Å². The van der Waals surface area contributed by atoms with Crippen molar-refractivity contribution in [3.05, 3.63) is 63.7 Å². The first-order chi connectivity index (χ1) is 11.9. The van der Waals surface area contributed by atoms with E-state index in [1.165, 1.54) is 12.1 Å². The lowest BCUT2D eigenvalue weighted by molar-refractivity contribution is -0.384. The second-order valence-corrected chi connectivity index (χ2v) is 5.69. The van der Waals surface area contributed by atoms with Gasteiger partial charge in [0.15, 0.2) is 6.61 Å². The zero-order chi connectivity index (χ0) is 18.2. The number of rotatable bonds is 8. The van der Waals surface area contributed by atoms with E-state index in [1.54, 1.807) is 12.1 Å². The third-order valence-electron chi connectivity index (χ3n) is 3.42. The SMILES string of the molecule is Cc1cc(C)cc(OCC(=O)NCCNc2ccc([N+](=O)[O-])cc2)c1. The Kier molecular flexibility index (Phi) is 6.33. The molecule has 0 saturated carbocycles. The zero-order valence-corrected chi connectivity index (χ0v) is 14.2. The number of aryl methyl sites for hydroxylation is 2. The molecule has 1 amide bonds. The zero-order valence-electron chi connectivity index (χ0n) is 14.2. The van der Waals surface area contributed by atoms with Crippen LogP contribution in [-0.4, -0.2) is 30.5 Å². The molecule has 0 aromatic heterocycles. The molecule has 0 aliphatic carbocycles. The van der Waals surface area contributed by atoms with Crippen molar-refractivity contribution < 1.29 is 14.5 Å². The highest BCUT2D eigenvalue weighted by molar-refractivity contribution is 5.77. The molecule has 2 N–H and O–H groups in total. The van der Waals surface area contributed by atoms with Crippen molar-refractivity contribution in [2.24, 2.45) is 0 Å². The maximum atomic E-state index is 11.8. The lowest BCUT2D eigenvalue weighted by Gasteiger charge is -2.10. The first kappa shape index (κ1) is 18.3. The van der Waals surface area contributed by atoms with Crippen molar-refractivity contribution in [1.29, 1.82) is 0 Å². The largest absolute Gasteiger partial charge is 0.484 e. The molecule has 7 nitrogen and oxygen atoms in total. The normalized spacial score (nSPS) is 10.2. The van der Waals surface area contributed by atoms with Gasteiger partial charge in [0.1, 0.15) is 5.75 Å². The summed E-state index contributed by atoms with van der Waals surface area (Å²) < 4.78 is 5.48. The summed E-state index contributed by atoms with van der Waals surface area (Å²) in [6.07, 6.45) is 0. The van der Waals surface area contributed by atoms with Gasteiger partial charge >= 0.3 is 0 Å². The number of hydrogen-bond donors (Lipinski definition) is 2. The maximum absolute atomic E-state index is 11.8. The van der Waals surface area contributed by atoms with Crippen LogP contribution in [0.2, 0.25) is 0 Å². The minimum absolute atomic E-state index is 0.0412. The highest BCUT2D eigenvalue weighted by Crippen LogP contribution is 2.16. The average Bonchev–Trinajstić information content (AvgIpc) is 2.56. The summed E-state index contributed by atoms with van der Waals surface area (Å²) in [5.74, 6) is 0.473. The van der Waals surface area contributed by atoms with E-state index in [1.807, 2.05) is 32.0 Å². The van der Waals surface area contributed by atoms with E-state index < -0.39 is 4.92 Å². The first-order valence-electron chi connectivity index (χ1n) is 7.90. The van der Waals surface area contributed by atoms with Crippen LogP contribution in [0, 0.1) is 24.0 Å². The van der Waals surface area contributed by atoms with Crippen molar-refractivity contribution in [1.82, 2.24) is 5.32 Å². The van der Waals surface area contributed by atoms with E-state index in [2.05, 4.69) is 10.6 Å². The molecular weight excluding hydrogens is 322 g/mol. The summed E-state index contributed by atoms with van der Waals surface area (Å²) in [6, 6.07) is 11.9. The number of carbonyl (C=O) groups is 1. The second kappa shape index (κ2) is 8.68. The lowest BCUT2D eigenvalue weighted by Crippen LogP contribution is -2.32. The molecule has 0 heterocycles. The van der Waals surface area contributed by atoms with Crippen molar-refractivity contribution in [3.63, 3.8) is 0 Å². The van der Waals surface area contributed by atoms with Crippen LogP contribution in [-0.2, 0) is 4.79 Å². The predicted octanol–water partition coefficient (Wildman–Crippen LogP) is 2.82. The van der Waals surface area contributed by atoms with Gasteiger partial charge in [0, 0.05) is 30.9 Å². The Morgan fingerprint density at radius 3 is 2.32 bits per heavy atom. The number of nitro benzene ring substituents is 1. The van der Waals surface area contributed by atoms with Crippen molar-refractivity contribution >= 4 is 17.3 Å². The molecule has 7 heteroatoms. The molecule has 2 rings (SSSR count). The Morgan fingerprint density at radius 2 is 1.72 bits per heavy atom. The molecule has 0 aliphatic heterocycles. The topological polar surface area (TPSA) is 93.5 Å². The summed E-state index contributed by atoms with van der Waals surface area (Å²) >= 11 is 0. The smallest absolute Gasteiger partial charge is 0.269 e. The van der Waals surface area contributed by atoms with Gasteiger partial charge in [0.25, 0.3) is 11.6 Å². The Bertz CT molecular complexity index is 724. The summed E-state index contributed by atoms with van der Waals surface area (Å²) in [7, 11) is 0. The number of nitrogens with zero attached hydrogens (tertiary/aromatic N) is 1. The van der Waals surface area contributed by atoms with Crippen LogP contribution in [0.1, 0.15) is 11.1 Å². The van der Waals surface area contributed by atoms with E-state index in [4.69, 9.17) is 4.74 Å². The number of amides is 1. The summed E-state index contributed by atoms with van der Waals surface area (Å²) in [4.78, 5) is 21.9. The maximum Gasteiger partial charge on any atom is 0.269 e. The minimum atomic E-state index is -0.445. The molecule has 25 heavy (non-hydrogen) atoms.